The predicted octanol–water partition coefficient (Wildman–Crippen LogP) is 3.18. The minimum Gasteiger partial charge on any atom is -0.481 e. The number of rotatable bonds is 7. The number of aromatic nitrogens is 4. The van der Waals surface area contributed by atoms with Gasteiger partial charge in [0, 0.05) is 31.0 Å². The highest BCUT2D eigenvalue weighted by Crippen LogP contribution is 2.22. The zero-order valence-electron chi connectivity index (χ0n) is 16.5. The summed E-state index contributed by atoms with van der Waals surface area (Å²) in [6, 6.07) is 5.44. The minimum atomic E-state index is -0.266. The van der Waals surface area contributed by atoms with Crippen molar-refractivity contribution in [2.75, 3.05) is 25.0 Å². The molecule has 8 nitrogen and oxygen atoms in total. The number of nitrogens with one attached hydrogen (secondary N) is 1. The standard InChI is InChI=1S/C17H19N5O3S.C2H6/c1-3-25-7-6-22-14-8-12(11-4-5-15(24-2)19-9-11)18-10-13(14)20-16(21-26)17(22)23;1-2/h4-5,8-10,26H,3,6-7H2,1-2H3,(H,20,21);1-2H3. The van der Waals surface area contributed by atoms with Crippen LogP contribution in [0.5, 0.6) is 5.88 Å². The summed E-state index contributed by atoms with van der Waals surface area (Å²) in [5.74, 6) is 0.673. The first-order valence-electron chi connectivity index (χ1n) is 9.06. The highest BCUT2D eigenvalue weighted by molar-refractivity contribution is 7.81. The van der Waals surface area contributed by atoms with Crippen molar-refractivity contribution < 1.29 is 9.47 Å². The van der Waals surface area contributed by atoms with Gasteiger partial charge in [0.1, 0.15) is 5.52 Å². The van der Waals surface area contributed by atoms with E-state index in [0.29, 0.717) is 42.4 Å². The topological polar surface area (TPSA) is 91.2 Å². The maximum absolute atomic E-state index is 12.6. The van der Waals surface area contributed by atoms with Gasteiger partial charge in [0.2, 0.25) is 11.7 Å². The summed E-state index contributed by atoms with van der Waals surface area (Å²) in [5, 5.41) is 0. The van der Waals surface area contributed by atoms with Gasteiger partial charge in [-0.3, -0.25) is 9.78 Å². The van der Waals surface area contributed by atoms with E-state index in [1.54, 1.807) is 30.1 Å². The molecule has 0 aliphatic rings. The van der Waals surface area contributed by atoms with Crippen molar-refractivity contribution in [2.24, 2.45) is 0 Å². The van der Waals surface area contributed by atoms with Crippen LogP contribution in [0.1, 0.15) is 20.8 Å². The summed E-state index contributed by atoms with van der Waals surface area (Å²) in [6.45, 7) is 7.31. The van der Waals surface area contributed by atoms with E-state index in [1.165, 1.54) is 0 Å². The van der Waals surface area contributed by atoms with E-state index in [4.69, 9.17) is 9.47 Å². The molecule has 3 heterocycles. The molecule has 3 rings (SSSR count). The van der Waals surface area contributed by atoms with Gasteiger partial charge in [-0.2, -0.15) is 0 Å². The van der Waals surface area contributed by atoms with Crippen molar-refractivity contribution >= 4 is 29.7 Å². The zero-order chi connectivity index (χ0) is 20.5. The van der Waals surface area contributed by atoms with Crippen LogP contribution in [0.4, 0.5) is 5.82 Å². The van der Waals surface area contributed by atoms with Crippen molar-refractivity contribution in [2.45, 2.75) is 27.3 Å². The summed E-state index contributed by atoms with van der Waals surface area (Å²) in [7, 11) is 1.56. The molecule has 0 aliphatic heterocycles. The second-order valence-electron chi connectivity index (χ2n) is 5.37. The first kappa shape index (κ1) is 21.6. The van der Waals surface area contributed by atoms with Gasteiger partial charge >= 0.3 is 0 Å². The Morgan fingerprint density at radius 2 is 2.00 bits per heavy atom. The summed E-state index contributed by atoms with van der Waals surface area (Å²) < 4.78 is 14.6. The van der Waals surface area contributed by atoms with Crippen LogP contribution in [0.25, 0.3) is 22.3 Å². The Bertz CT molecular complexity index is 960. The summed E-state index contributed by atoms with van der Waals surface area (Å²) in [5.41, 5.74) is 2.49. The Kier molecular flexibility index (Phi) is 8.21. The molecule has 3 aromatic heterocycles. The number of hydrogen-bond donors (Lipinski definition) is 2. The Morgan fingerprint density at radius 1 is 1.21 bits per heavy atom. The quantitative estimate of drug-likeness (QED) is 0.462. The lowest BCUT2D eigenvalue weighted by Gasteiger charge is -2.12. The smallest absolute Gasteiger partial charge is 0.294 e. The fourth-order valence-electron chi connectivity index (χ4n) is 2.55. The number of methoxy groups -OCH3 is 1. The third-order valence-electron chi connectivity index (χ3n) is 3.84. The molecule has 0 saturated carbocycles. The summed E-state index contributed by atoms with van der Waals surface area (Å²) in [6.07, 6.45) is 3.30. The van der Waals surface area contributed by atoms with E-state index in [0.717, 1.165) is 5.56 Å². The van der Waals surface area contributed by atoms with Crippen molar-refractivity contribution in [3.63, 3.8) is 0 Å². The number of thiol groups is 1. The fraction of sp³-hybridized carbons (Fsp3) is 0.368. The molecule has 0 spiro atoms. The van der Waals surface area contributed by atoms with E-state index in [9.17, 15) is 4.79 Å². The van der Waals surface area contributed by atoms with E-state index in [-0.39, 0.29) is 11.4 Å². The van der Waals surface area contributed by atoms with Gasteiger partial charge in [-0.15, -0.1) is 0 Å². The van der Waals surface area contributed by atoms with Crippen LogP contribution < -0.4 is 15.0 Å². The average Bonchev–Trinajstić information content (AvgIpc) is 2.76. The van der Waals surface area contributed by atoms with Gasteiger partial charge in [-0.25, -0.2) is 9.97 Å². The van der Waals surface area contributed by atoms with Gasteiger partial charge < -0.3 is 18.8 Å². The van der Waals surface area contributed by atoms with E-state index in [1.807, 2.05) is 32.9 Å². The van der Waals surface area contributed by atoms with Crippen LogP contribution in [0, 0.1) is 0 Å². The van der Waals surface area contributed by atoms with Gasteiger partial charge in [-0.1, -0.05) is 26.7 Å². The predicted molar refractivity (Wildman–Crippen MR) is 114 cm³/mol. The van der Waals surface area contributed by atoms with Gasteiger partial charge in [0.25, 0.3) is 5.56 Å². The third kappa shape index (κ3) is 4.79. The highest BCUT2D eigenvalue weighted by Gasteiger charge is 2.12. The number of nitrogens with zero attached hydrogens (tertiary/aromatic N) is 4. The van der Waals surface area contributed by atoms with Crippen molar-refractivity contribution in [1.29, 1.82) is 0 Å². The normalized spacial score (nSPS) is 10.3. The second-order valence-corrected chi connectivity index (χ2v) is 5.60. The molecule has 1 N–H and O–H groups in total. The van der Waals surface area contributed by atoms with E-state index < -0.39 is 0 Å². The molecule has 0 aromatic carbocycles. The largest absolute Gasteiger partial charge is 0.481 e. The van der Waals surface area contributed by atoms with Crippen LogP contribution in [0.3, 0.4) is 0 Å². The summed E-state index contributed by atoms with van der Waals surface area (Å²) in [4.78, 5) is 25.5. The molecule has 0 atom stereocenters. The fourth-order valence-corrected chi connectivity index (χ4v) is 2.70. The van der Waals surface area contributed by atoms with Crippen LogP contribution in [0.15, 0.2) is 35.4 Å². The van der Waals surface area contributed by atoms with Crippen molar-refractivity contribution in [3.05, 3.63) is 40.9 Å². The molecule has 0 bridgehead atoms. The Hall–Kier alpha value is -2.65. The van der Waals surface area contributed by atoms with Crippen molar-refractivity contribution in [3.8, 4) is 17.1 Å². The number of pyridine rings is 2. The Balaban J connectivity index is 0.00000136. The van der Waals surface area contributed by atoms with E-state index >= 15 is 0 Å². The lowest BCUT2D eigenvalue weighted by molar-refractivity contribution is 0.139. The number of fused-ring (bicyclic) bond motifs is 1. The Labute approximate surface area is 169 Å². The molecule has 0 aliphatic carbocycles. The minimum absolute atomic E-state index is 0.151. The number of anilines is 1. The Morgan fingerprint density at radius 3 is 2.61 bits per heavy atom. The van der Waals surface area contributed by atoms with E-state index in [2.05, 4.69) is 32.5 Å². The maximum Gasteiger partial charge on any atom is 0.294 e. The molecule has 28 heavy (non-hydrogen) atoms. The zero-order valence-corrected chi connectivity index (χ0v) is 17.4. The van der Waals surface area contributed by atoms with Gasteiger partial charge in [-0.05, 0) is 19.1 Å². The molecule has 0 radical (unpaired) electrons. The molecule has 0 unspecified atom stereocenters. The van der Waals surface area contributed by atoms with Crippen molar-refractivity contribution in [1.82, 2.24) is 19.5 Å². The molecule has 150 valence electrons. The second kappa shape index (κ2) is 10.6. The number of hydrogen-bond acceptors (Lipinski definition) is 8. The van der Waals surface area contributed by atoms with Gasteiger partial charge in [0.15, 0.2) is 0 Å². The SMILES string of the molecule is CC.CCOCCn1c(=O)c(NS)nc2cnc(-c3ccc(OC)nc3)cc21. The lowest BCUT2D eigenvalue weighted by Crippen LogP contribution is -2.25. The lowest BCUT2D eigenvalue weighted by atomic mass is 10.2. The van der Waals surface area contributed by atoms with Crippen LogP contribution in [-0.2, 0) is 11.3 Å². The average molecular weight is 404 g/mol. The summed E-state index contributed by atoms with van der Waals surface area (Å²) >= 11 is 3.96. The maximum atomic E-state index is 12.6. The molecule has 0 saturated heterocycles. The van der Waals surface area contributed by atoms with Crippen LogP contribution >= 0.6 is 12.8 Å². The number of ether oxygens (including phenoxy) is 2. The molecule has 0 amide bonds. The molecule has 9 heteroatoms. The van der Waals surface area contributed by atoms with Crippen LogP contribution in [0.2, 0.25) is 0 Å². The first-order chi connectivity index (χ1) is 13.7. The highest BCUT2D eigenvalue weighted by atomic mass is 32.1. The third-order valence-corrected chi connectivity index (χ3v) is 4.05. The first-order valence-corrected chi connectivity index (χ1v) is 9.51. The van der Waals surface area contributed by atoms with Gasteiger partial charge in [0.05, 0.1) is 31.1 Å². The molecule has 3 aromatic rings. The van der Waals surface area contributed by atoms with Crippen LogP contribution in [-0.4, -0.2) is 39.8 Å². The molecule has 0 fully saturated rings. The molecular weight excluding hydrogens is 378 g/mol. The monoisotopic (exact) mass is 403 g/mol. The molecular formula is C19H25N5O3S.